The van der Waals surface area contributed by atoms with Crippen molar-refractivity contribution in [2.24, 2.45) is 5.41 Å². The fourth-order valence-corrected chi connectivity index (χ4v) is 10.6. The molecular formula is C48H55ClN8O7S. The summed E-state index contributed by atoms with van der Waals surface area (Å²) >= 11 is 6.25. The number of anilines is 2. The standard InChI is InChI=1S/C48H55ClN8O7S/c1-48(2)16-14-34(42(27-48)32-6-8-35(49)9-7-32)30-54-18-20-55(21-19-54)37-10-12-41(45(25-37)64-39-24-33-15-17-50-46(33)52-29-39)47(58)53-65(61,62)40-11-13-43(44(26-40)57(59)60)51-28-38-31-63-23-22-56(38)36-4-3-5-36/h6-13,15,17,24-26,29,36,38,51H,3-5,14,16,18-23,27-28,30-31H2,1-2H3,(H,50,52)(H,53,58). The summed E-state index contributed by atoms with van der Waals surface area (Å²) in [5.74, 6) is -0.471. The van der Waals surface area contributed by atoms with Crippen molar-refractivity contribution in [1.29, 1.82) is 0 Å². The molecule has 1 saturated carbocycles. The molecule has 2 aliphatic carbocycles. The van der Waals surface area contributed by atoms with Crippen LogP contribution in [0.2, 0.25) is 5.02 Å². The fraction of sp³-hybridized carbons (Fsp3) is 0.417. The van der Waals surface area contributed by atoms with Gasteiger partial charge in [-0.15, -0.1) is 0 Å². The first-order chi connectivity index (χ1) is 31.3. The lowest BCUT2D eigenvalue weighted by atomic mass is 9.72. The van der Waals surface area contributed by atoms with Gasteiger partial charge in [0.05, 0.1) is 40.8 Å². The zero-order chi connectivity index (χ0) is 45.3. The molecule has 0 spiro atoms. The molecule has 9 rings (SSSR count). The van der Waals surface area contributed by atoms with Gasteiger partial charge in [-0.2, -0.15) is 0 Å². The van der Waals surface area contributed by atoms with E-state index in [4.69, 9.17) is 21.1 Å². The summed E-state index contributed by atoms with van der Waals surface area (Å²) in [7, 11) is -4.58. The molecule has 0 radical (unpaired) electrons. The smallest absolute Gasteiger partial charge is 0.293 e. The SMILES string of the molecule is CC1(C)CCC(CN2CCN(c3ccc(C(=O)NS(=O)(=O)c4ccc(NCC5COCCN5C5CCC5)c([N+](=O)[O-])c4)c(Oc4cnc5[nH]ccc5c4)c3)CC2)=C(c2ccc(Cl)cc2)C1. The number of ether oxygens (including phenoxy) is 2. The number of allylic oxidation sites excluding steroid dienone is 1. The maximum atomic E-state index is 14.0. The van der Waals surface area contributed by atoms with Crippen LogP contribution in [0.4, 0.5) is 17.1 Å². The van der Waals surface area contributed by atoms with Crippen LogP contribution < -0.4 is 19.7 Å². The highest BCUT2D eigenvalue weighted by Gasteiger charge is 2.34. The number of nitrogens with zero attached hydrogens (tertiary/aromatic N) is 5. The van der Waals surface area contributed by atoms with E-state index in [0.29, 0.717) is 37.2 Å². The van der Waals surface area contributed by atoms with E-state index in [1.54, 1.807) is 30.5 Å². The number of H-pyrrole nitrogens is 1. The number of hydrogen-bond acceptors (Lipinski definition) is 12. The van der Waals surface area contributed by atoms with Gasteiger partial charge in [0.2, 0.25) is 0 Å². The van der Waals surface area contributed by atoms with E-state index in [1.807, 2.05) is 18.2 Å². The summed E-state index contributed by atoms with van der Waals surface area (Å²) in [6.45, 7) is 11.0. The van der Waals surface area contributed by atoms with Crippen molar-refractivity contribution in [3.8, 4) is 11.5 Å². The summed E-state index contributed by atoms with van der Waals surface area (Å²) < 4.78 is 41.8. The summed E-state index contributed by atoms with van der Waals surface area (Å²) in [6.07, 6.45) is 9.92. The van der Waals surface area contributed by atoms with Crippen molar-refractivity contribution in [3.05, 3.63) is 117 Å². The van der Waals surface area contributed by atoms with Crippen molar-refractivity contribution in [3.63, 3.8) is 0 Å². The van der Waals surface area contributed by atoms with Gasteiger partial charge in [-0.1, -0.05) is 49.6 Å². The molecule has 0 bridgehead atoms. The van der Waals surface area contributed by atoms with E-state index in [2.05, 4.69) is 60.7 Å². The Bertz CT molecular complexity index is 2710. The second kappa shape index (κ2) is 18.8. The number of carbonyl (C=O) groups excluding carboxylic acids is 1. The molecular weight excluding hydrogens is 868 g/mol. The van der Waals surface area contributed by atoms with Gasteiger partial charge in [-0.25, -0.2) is 18.1 Å². The molecule has 15 nitrogen and oxygen atoms in total. The molecule has 1 unspecified atom stereocenters. The summed E-state index contributed by atoms with van der Waals surface area (Å²) in [6, 6.07) is 21.0. The number of morpholine rings is 1. The number of pyridine rings is 1. The molecule has 3 fully saturated rings. The Hall–Kier alpha value is -5.52. The van der Waals surface area contributed by atoms with Crippen LogP contribution in [0.25, 0.3) is 16.6 Å². The molecule has 5 aromatic rings. The molecule has 4 aliphatic rings. The van der Waals surface area contributed by atoms with E-state index < -0.39 is 31.4 Å². The average Bonchev–Trinajstić information content (AvgIpc) is 3.74. The highest BCUT2D eigenvalue weighted by molar-refractivity contribution is 7.90. The predicted molar refractivity (Wildman–Crippen MR) is 252 cm³/mol. The van der Waals surface area contributed by atoms with Crippen LogP contribution in [0.5, 0.6) is 11.5 Å². The number of piperazine rings is 1. The monoisotopic (exact) mass is 922 g/mol. The lowest BCUT2D eigenvalue weighted by molar-refractivity contribution is -0.384. The number of hydrogen-bond donors (Lipinski definition) is 3. The van der Waals surface area contributed by atoms with Crippen LogP contribution in [0.1, 0.15) is 68.3 Å². The first-order valence-electron chi connectivity index (χ1n) is 22.4. The predicted octanol–water partition coefficient (Wildman–Crippen LogP) is 8.49. The van der Waals surface area contributed by atoms with E-state index >= 15 is 0 Å². The van der Waals surface area contributed by atoms with E-state index in [9.17, 15) is 23.3 Å². The minimum absolute atomic E-state index is 0.0245. The first-order valence-corrected chi connectivity index (χ1v) is 24.3. The fourth-order valence-electron chi connectivity index (χ4n) is 9.47. The van der Waals surface area contributed by atoms with Crippen LogP contribution in [0, 0.1) is 15.5 Å². The Morgan fingerprint density at radius 2 is 1.83 bits per heavy atom. The van der Waals surface area contributed by atoms with Gasteiger partial charge in [0.25, 0.3) is 21.6 Å². The van der Waals surface area contributed by atoms with Gasteiger partial charge in [0, 0.05) is 86.3 Å². The van der Waals surface area contributed by atoms with Crippen LogP contribution in [-0.2, 0) is 14.8 Å². The van der Waals surface area contributed by atoms with Gasteiger partial charge in [0.15, 0.2) is 0 Å². The van der Waals surface area contributed by atoms with E-state index in [-0.39, 0.29) is 28.5 Å². The van der Waals surface area contributed by atoms with Crippen molar-refractivity contribution >= 4 is 61.2 Å². The minimum atomic E-state index is -4.58. The number of amides is 1. The van der Waals surface area contributed by atoms with Gasteiger partial charge in [0.1, 0.15) is 22.8 Å². The maximum absolute atomic E-state index is 14.0. The number of aromatic nitrogens is 2. The number of nitrogens with one attached hydrogen (secondary N) is 3. The van der Waals surface area contributed by atoms with Gasteiger partial charge in [-0.3, -0.25) is 24.7 Å². The molecule has 1 amide bonds. The Morgan fingerprint density at radius 3 is 2.58 bits per heavy atom. The van der Waals surface area contributed by atoms with Crippen molar-refractivity contribution in [1.82, 2.24) is 24.5 Å². The second-order valence-electron chi connectivity index (χ2n) is 18.4. The molecule has 65 heavy (non-hydrogen) atoms. The summed E-state index contributed by atoms with van der Waals surface area (Å²) in [5.41, 5.74) is 5.53. The number of aromatic amines is 1. The van der Waals surface area contributed by atoms with Crippen molar-refractivity contribution in [2.75, 3.05) is 69.2 Å². The zero-order valence-corrected chi connectivity index (χ0v) is 38.3. The lowest BCUT2D eigenvalue weighted by Gasteiger charge is -2.45. The molecule has 2 aliphatic heterocycles. The van der Waals surface area contributed by atoms with Gasteiger partial charge < -0.3 is 24.7 Å². The number of fused-ring (bicyclic) bond motifs is 1. The second-order valence-corrected chi connectivity index (χ2v) is 20.5. The number of nitro benzene ring substituents is 1. The van der Waals surface area contributed by atoms with E-state index in [1.165, 1.54) is 41.5 Å². The third-order valence-corrected chi connectivity index (χ3v) is 15.0. The third kappa shape index (κ3) is 10.2. The first kappa shape index (κ1) is 44.7. The molecule has 342 valence electrons. The molecule has 4 heterocycles. The molecule has 3 N–H and O–H groups in total. The quantitative estimate of drug-likeness (QED) is 0.0717. The number of sulfonamides is 1. The van der Waals surface area contributed by atoms with Crippen molar-refractivity contribution in [2.45, 2.75) is 69.4 Å². The number of nitro groups is 1. The zero-order valence-electron chi connectivity index (χ0n) is 36.7. The van der Waals surface area contributed by atoms with Crippen molar-refractivity contribution < 1.29 is 27.6 Å². The average molecular weight is 924 g/mol. The number of benzene rings is 3. The molecule has 2 aromatic heterocycles. The minimum Gasteiger partial charge on any atom is -0.455 e. The summed E-state index contributed by atoms with van der Waals surface area (Å²) in [4.78, 5) is 39.9. The topological polar surface area (TPSA) is 175 Å². The molecule has 3 aromatic carbocycles. The largest absolute Gasteiger partial charge is 0.455 e. The number of rotatable bonds is 14. The summed E-state index contributed by atoms with van der Waals surface area (Å²) in [5, 5.41) is 17.0. The number of carbonyl (C=O) groups is 1. The number of halogens is 1. The highest BCUT2D eigenvalue weighted by Crippen LogP contribution is 2.43. The Kier molecular flexibility index (Phi) is 12.9. The maximum Gasteiger partial charge on any atom is 0.293 e. The van der Waals surface area contributed by atoms with E-state index in [0.717, 1.165) is 93.5 Å². The Morgan fingerprint density at radius 1 is 1.03 bits per heavy atom. The normalized spacial score (nSPS) is 19.8. The third-order valence-electron chi connectivity index (χ3n) is 13.4. The van der Waals surface area contributed by atoms with Crippen LogP contribution in [-0.4, -0.2) is 110 Å². The van der Waals surface area contributed by atoms with Crippen LogP contribution >= 0.6 is 11.6 Å². The molecule has 17 heteroatoms. The van der Waals surface area contributed by atoms with Gasteiger partial charge >= 0.3 is 0 Å². The van der Waals surface area contributed by atoms with Crippen LogP contribution in [0.15, 0.2) is 95.7 Å². The van der Waals surface area contributed by atoms with Gasteiger partial charge in [-0.05, 0) is 97.2 Å². The lowest BCUT2D eigenvalue weighted by Crippen LogP contribution is -2.55. The Labute approximate surface area is 384 Å². The molecule has 1 atom stereocenters. The van der Waals surface area contributed by atoms with Crippen LogP contribution in [0.3, 0.4) is 0 Å². The molecule has 2 saturated heterocycles. The Balaban J connectivity index is 0.918. The highest BCUT2D eigenvalue weighted by atomic mass is 35.5.